The Kier molecular flexibility index (Phi) is 3.73. The average molecular weight is 369 g/mol. The summed E-state index contributed by atoms with van der Waals surface area (Å²) in [5.41, 5.74) is 2.66. The number of nitro groups is 1. The minimum Gasteiger partial charge on any atom is -0.623 e. The number of hydrogen-bond donors (Lipinski definition) is 0. The Morgan fingerprint density at radius 2 is 2.00 bits per heavy atom. The average Bonchev–Trinajstić information content (AvgIpc) is 2.91. The van der Waals surface area contributed by atoms with Gasteiger partial charge < -0.3 is 5.21 Å². The fraction of sp³-hybridized carbons (Fsp3) is 0.111. The van der Waals surface area contributed by atoms with Gasteiger partial charge in [-0.2, -0.15) is 4.74 Å². The molecule has 2 aromatic carbocycles. The molecule has 0 amide bonds. The van der Waals surface area contributed by atoms with Crippen LogP contribution in [0.1, 0.15) is 22.6 Å². The van der Waals surface area contributed by atoms with Gasteiger partial charge in [-0.3, -0.25) is 14.7 Å². The normalized spacial score (nSPS) is 13.2. The van der Waals surface area contributed by atoms with E-state index in [0.29, 0.717) is 33.4 Å². The topological polar surface area (TPSA) is 87.0 Å². The number of imidazole rings is 1. The zero-order valence-electron chi connectivity index (χ0n) is 13.7. The maximum atomic E-state index is 13.0. The van der Waals surface area contributed by atoms with Gasteiger partial charge in [0, 0.05) is 24.0 Å². The summed E-state index contributed by atoms with van der Waals surface area (Å²) in [6.45, 7) is 1.88. The van der Waals surface area contributed by atoms with Crippen LogP contribution in [-0.2, 0) is 6.54 Å². The molecule has 3 aromatic rings. The Bertz CT molecular complexity index is 1090. The smallest absolute Gasteiger partial charge is 0.270 e. The van der Waals surface area contributed by atoms with Gasteiger partial charge >= 0.3 is 0 Å². The summed E-state index contributed by atoms with van der Waals surface area (Å²) in [5.74, 6) is 0.564. The van der Waals surface area contributed by atoms with E-state index in [2.05, 4.69) is 4.98 Å². The molecule has 1 aromatic heterocycles. The molecule has 2 heterocycles. The third-order valence-corrected chi connectivity index (χ3v) is 4.69. The first-order chi connectivity index (χ1) is 12.5. The number of nitrogens with zero attached hydrogens (tertiary/aromatic N) is 4. The molecule has 1 aliphatic heterocycles. The number of hydroxylamine groups is 1. The molecule has 0 spiro atoms. The molecule has 0 bridgehead atoms. The van der Waals surface area contributed by atoms with Crippen molar-refractivity contribution in [3.05, 3.63) is 91.7 Å². The number of benzene rings is 2. The Hall–Kier alpha value is -3.19. The van der Waals surface area contributed by atoms with E-state index in [9.17, 15) is 15.3 Å². The molecule has 0 saturated carbocycles. The van der Waals surface area contributed by atoms with Crippen LogP contribution in [0.4, 0.5) is 5.69 Å². The lowest BCUT2D eigenvalue weighted by molar-refractivity contribution is -0.475. The summed E-state index contributed by atoms with van der Waals surface area (Å²) in [6.07, 6.45) is 1.68. The second kappa shape index (κ2) is 5.96. The van der Waals surface area contributed by atoms with Gasteiger partial charge in [-0.05, 0) is 25.1 Å². The van der Waals surface area contributed by atoms with Crippen molar-refractivity contribution in [2.24, 2.45) is 0 Å². The van der Waals surface area contributed by atoms with Gasteiger partial charge in [0.1, 0.15) is 0 Å². The SMILES string of the molecule is Cc1cnc2n1-c1ccc([N+](=O)[O-])cc1C(c1ccccc1Cl)=[N+]([O-])C2. The monoisotopic (exact) mass is 368 g/mol. The number of fused-ring (bicyclic) bond motifs is 3. The number of rotatable bonds is 2. The van der Waals surface area contributed by atoms with Gasteiger partial charge in [0.05, 0.1) is 26.8 Å². The number of hydrogen-bond acceptors (Lipinski definition) is 4. The third kappa shape index (κ3) is 2.44. The van der Waals surface area contributed by atoms with E-state index in [4.69, 9.17) is 11.6 Å². The van der Waals surface area contributed by atoms with Crippen LogP contribution in [0.25, 0.3) is 5.69 Å². The van der Waals surface area contributed by atoms with E-state index in [1.165, 1.54) is 12.1 Å². The van der Waals surface area contributed by atoms with Gasteiger partial charge in [-0.1, -0.05) is 23.7 Å². The lowest BCUT2D eigenvalue weighted by Crippen LogP contribution is -2.18. The first-order valence-electron chi connectivity index (χ1n) is 7.86. The molecule has 0 radical (unpaired) electrons. The Balaban J connectivity index is 2.09. The van der Waals surface area contributed by atoms with Crippen molar-refractivity contribution in [2.75, 3.05) is 0 Å². The van der Waals surface area contributed by atoms with Crippen molar-refractivity contribution in [3.8, 4) is 5.69 Å². The van der Waals surface area contributed by atoms with Crippen LogP contribution in [0.3, 0.4) is 0 Å². The van der Waals surface area contributed by atoms with Crippen molar-refractivity contribution in [1.29, 1.82) is 0 Å². The number of nitro benzene ring substituents is 1. The molecule has 0 fully saturated rings. The highest BCUT2D eigenvalue weighted by Gasteiger charge is 2.30. The van der Waals surface area contributed by atoms with E-state index in [-0.39, 0.29) is 12.2 Å². The summed E-state index contributed by atoms with van der Waals surface area (Å²) in [7, 11) is 0. The Labute approximate surface area is 153 Å². The quantitative estimate of drug-likeness (QED) is 0.299. The molecule has 0 unspecified atom stereocenters. The second-order valence-electron chi connectivity index (χ2n) is 5.97. The molecule has 8 heteroatoms. The van der Waals surface area contributed by atoms with Crippen LogP contribution in [0.5, 0.6) is 0 Å². The highest BCUT2D eigenvalue weighted by Crippen LogP contribution is 2.30. The molecule has 130 valence electrons. The molecule has 26 heavy (non-hydrogen) atoms. The predicted octanol–water partition coefficient (Wildman–Crippen LogP) is 3.60. The van der Waals surface area contributed by atoms with E-state index < -0.39 is 4.92 Å². The van der Waals surface area contributed by atoms with Gasteiger partial charge in [0.15, 0.2) is 5.82 Å². The van der Waals surface area contributed by atoms with Crippen LogP contribution in [0.2, 0.25) is 5.02 Å². The third-order valence-electron chi connectivity index (χ3n) is 4.36. The predicted molar refractivity (Wildman–Crippen MR) is 96.9 cm³/mol. The van der Waals surface area contributed by atoms with Gasteiger partial charge in [-0.25, -0.2) is 4.98 Å². The van der Waals surface area contributed by atoms with Crippen LogP contribution >= 0.6 is 11.6 Å². The molecule has 1 aliphatic rings. The van der Waals surface area contributed by atoms with E-state index >= 15 is 0 Å². The molecule has 7 nitrogen and oxygen atoms in total. The van der Waals surface area contributed by atoms with Crippen molar-refractivity contribution in [1.82, 2.24) is 9.55 Å². The van der Waals surface area contributed by atoms with Gasteiger partial charge in [-0.15, -0.1) is 0 Å². The van der Waals surface area contributed by atoms with Crippen molar-refractivity contribution < 1.29 is 9.66 Å². The summed E-state index contributed by atoms with van der Waals surface area (Å²) >= 11 is 6.32. The van der Waals surface area contributed by atoms with E-state index in [1.54, 1.807) is 36.5 Å². The molecular weight excluding hydrogens is 356 g/mol. The summed E-state index contributed by atoms with van der Waals surface area (Å²) in [4.78, 5) is 15.1. The summed E-state index contributed by atoms with van der Waals surface area (Å²) in [5, 5.41) is 24.7. The molecule has 0 saturated heterocycles. The van der Waals surface area contributed by atoms with Crippen molar-refractivity contribution in [2.45, 2.75) is 13.5 Å². The fourth-order valence-corrected chi connectivity index (χ4v) is 3.45. The molecule has 0 N–H and O–H groups in total. The van der Waals surface area contributed by atoms with Crippen molar-refractivity contribution in [3.63, 3.8) is 0 Å². The Morgan fingerprint density at radius 1 is 1.23 bits per heavy atom. The highest BCUT2D eigenvalue weighted by atomic mass is 35.5. The largest absolute Gasteiger partial charge is 0.623 e. The molecule has 0 aliphatic carbocycles. The first-order valence-corrected chi connectivity index (χ1v) is 8.24. The lowest BCUT2D eigenvalue weighted by atomic mass is 9.99. The van der Waals surface area contributed by atoms with Crippen LogP contribution in [0, 0.1) is 22.2 Å². The zero-order chi connectivity index (χ0) is 18.4. The van der Waals surface area contributed by atoms with Crippen LogP contribution < -0.4 is 0 Å². The molecular formula is C18H13ClN4O3. The van der Waals surface area contributed by atoms with E-state index in [1.807, 2.05) is 11.5 Å². The maximum absolute atomic E-state index is 13.0. The van der Waals surface area contributed by atoms with Crippen molar-refractivity contribution >= 4 is 23.0 Å². The fourth-order valence-electron chi connectivity index (χ4n) is 3.22. The Morgan fingerprint density at radius 3 is 2.73 bits per heavy atom. The number of halogens is 1. The number of non-ortho nitro benzene ring substituents is 1. The van der Waals surface area contributed by atoms with Crippen LogP contribution in [0.15, 0.2) is 48.7 Å². The van der Waals surface area contributed by atoms with Gasteiger partial charge in [0.2, 0.25) is 12.3 Å². The summed E-state index contributed by atoms with van der Waals surface area (Å²) < 4.78 is 2.63. The molecule has 4 rings (SSSR count). The minimum atomic E-state index is -0.480. The maximum Gasteiger partial charge on any atom is 0.270 e. The summed E-state index contributed by atoms with van der Waals surface area (Å²) in [6, 6.07) is 11.4. The minimum absolute atomic E-state index is 0.0108. The zero-order valence-corrected chi connectivity index (χ0v) is 14.5. The van der Waals surface area contributed by atoms with Gasteiger partial charge in [0.25, 0.3) is 5.69 Å². The standard InChI is InChI=1S/C18H13ClN4O3/c1-11-9-20-17-10-21(24)18(13-4-2-3-5-15(13)19)14-8-12(23(25)26)6-7-16(14)22(11)17/h2-9H,10H2,1H3. The number of aromatic nitrogens is 2. The molecule has 0 atom stereocenters. The number of aryl methyl sites for hydroxylation is 1. The van der Waals surface area contributed by atoms with Crippen LogP contribution in [-0.4, -0.2) is 24.9 Å². The highest BCUT2D eigenvalue weighted by molar-refractivity contribution is 6.35. The second-order valence-corrected chi connectivity index (χ2v) is 6.38. The first kappa shape index (κ1) is 16.3. The van der Waals surface area contributed by atoms with E-state index in [0.717, 1.165) is 10.4 Å². The lowest BCUT2D eigenvalue weighted by Gasteiger charge is -2.12.